The van der Waals surface area contributed by atoms with Crippen molar-refractivity contribution in [2.24, 2.45) is 0 Å². The van der Waals surface area contributed by atoms with E-state index in [-0.39, 0.29) is 11.4 Å². The summed E-state index contributed by atoms with van der Waals surface area (Å²) in [5.74, 6) is -0.0983. The molecule has 1 fully saturated rings. The van der Waals surface area contributed by atoms with Crippen LogP contribution in [0.1, 0.15) is 30.4 Å². The number of nitrogens with one attached hydrogen (secondary N) is 1. The summed E-state index contributed by atoms with van der Waals surface area (Å²) >= 11 is 0. The second-order valence-electron chi connectivity index (χ2n) is 4.41. The Morgan fingerprint density at radius 3 is 3.00 bits per heavy atom. The molecule has 1 aromatic carbocycles. The number of benzene rings is 1. The van der Waals surface area contributed by atoms with Crippen molar-refractivity contribution < 1.29 is 4.39 Å². The topological polar surface area (TPSA) is 12.0 Å². The monoisotopic (exact) mass is 191 g/mol. The molecule has 0 unspecified atom stereocenters. The molecule has 0 saturated carbocycles. The Hall–Kier alpha value is -0.890. The fourth-order valence-electron chi connectivity index (χ4n) is 2.97. The highest BCUT2D eigenvalue weighted by atomic mass is 19.1. The summed E-state index contributed by atoms with van der Waals surface area (Å²) in [6.45, 7) is 1.11. The highest BCUT2D eigenvalue weighted by Crippen LogP contribution is 2.42. The third kappa shape index (κ3) is 1.04. The maximum absolute atomic E-state index is 13.0. The number of aryl methyl sites for hydroxylation is 1. The summed E-state index contributed by atoms with van der Waals surface area (Å²) in [6.07, 6.45) is 4.63. The molecule has 1 aromatic rings. The van der Waals surface area contributed by atoms with Crippen molar-refractivity contribution >= 4 is 0 Å². The minimum Gasteiger partial charge on any atom is -0.307 e. The lowest BCUT2D eigenvalue weighted by molar-refractivity contribution is 0.389. The number of halogens is 1. The van der Waals surface area contributed by atoms with E-state index in [4.69, 9.17) is 0 Å². The van der Waals surface area contributed by atoms with Gasteiger partial charge >= 0.3 is 0 Å². The Labute approximate surface area is 83.3 Å². The van der Waals surface area contributed by atoms with Gasteiger partial charge in [0.1, 0.15) is 5.82 Å². The Balaban J connectivity index is 2.09. The molecule has 1 aliphatic heterocycles. The molecule has 1 spiro atoms. The van der Waals surface area contributed by atoms with Gasteiger partial charge in [0.15, 0.2) is 0 Å². The van der Waals surface area contributed by atoms with Crippen LogP contribution >= 0.6 is 0 Å². The Morgan fingerprint density at radius 2 is 2.21 bits per heavy atom. The van der Waals surface area contributed by atoms with Crippen LogP contribution in [0.2, 0.25) is 0 Å². The molecule has 2 heteroatoms. The van der Waals surface area contributed by atoms with Crippen LogP contribution in [0.3, 0.4) is 0 Å². The minimum atomic E-state index is -0.0983. The lowest BCUT2D eigenvalue weighted by Crippen LogP contribution is -2.34. The molecule has 14 heavy (non-hydrogen) atoms. The zero-order valence-electron chi connectivity index (χ0n) is 8.15. The van der Waals surface area contributed by atoms with E-state index in [2.05, 4.69) is 5.32 Å². The van der Waals surface area contributed by atoms with Crippen molar-refractivity contribution in [3.05, 3.63) is 35.1 Å². The van der Waals surface area contributed by atoms with Crippen molar-refractivity contribution in [1.29, 1.82) is 0 Å². The molecule has 1 aliphatic carbocycles. The first-order valence-corrected chi connectivity index (χ1v) is 5.34. The van der Waals surface area contributed by atoms with E-state index in [1.807, 2.05) is 6.07 Å². The van der Waals surface area contributed by atoms with Gasteiger partial charge in [0.2, 0.25) is 0 Å². The summed E-state index contributed by atoms with van der Waals surface area (Å²) in [5, 5.41) is 3.59. The van der Waals surface area contributed by atoms with E-state index in [9.17, 15) is 4.39 Å². The highest BCUT2D eigenvalue weighted by molar-refractivity contribution is 5.39. The summed E-state index contributed by atoms with van der Waals surface area (Å²) in [6, 6.07) is 5.26. The van der Waals surface area contributed by atoms with E-state index in [0.29, 0.717) is 0 Å². The van der Waals surface area contributed by atoms with Crippen LogP contribution in [0.25, 0.3) is 0 Å². The van der Waals surface area contributed by atoms with Gasteiger partial charge in [-0.1, -0.05) is 6.07 Å². The molecule has 1 saturated heterocycles. The summed E-state index contributed by atoms with van der Waals surface area (Å²) in [5.41, 5.74) is 2.75. The van der Waals surface area contributed by atoms with Gasteiger partial charge in [-0.2, -0.15) is 0 Å². The maximum Gasteiger partial charge on any atom is 0.123 e. The Bertz CT molecular complexity index is 367. The average Bonchev–Trinajstić information content (AvgIpc) is 2.77. The van der Waals surface area contributed by atoms with Crippen LogP contribution in [0.5, 0.6) is 0 Å². The zero-order chi connectivity index (χ0) is 9.60. The smallest absolute Gasteiger partial charge is 0.123 e. The van der Waals surface area contributed by atoms with Crippen molar-refractivity contribution in [3.8, 4) is 0 Å². The molecule has 0 amide bonds. The third-order valence-electron chi connectivity index (χ3n) is 3.65. The van der Waals surface area contributed by atoms with Gasteiger partial charge in [0.25, 0.3) is 0 Å². The van der Waals surface area contributed by atoms with E-state index in [1.54, 1.807) is 12.1 Å². The van der Waals surface area contributed by atoms with Gasteiger partial charge in [-0.15, -0.1) is 0 Å². The van der Waals surface area contributed by atoms with Crippen LogP contribution < -0.4 is 5.32 Å². The minimum absolute atomic E-state index is 0.0983. The first-order chi connectivity index (χ1) is 6.80. The van der Waals surface area contributed by atoms with Gasteiger partial charge in [0, 0.05) is 5.54 Å². The number of hydrogen-bond acceptors (Lipinski definition) is 1. The van der Waals surface area contributed by atoms with Gasteiger partial charge in [0.05, 0.1) is 0 Å². The molecular formula is C12H14FN. The SMILES string of the molecule is Fc1ccc2c(c1)CC[C@@]21CCCN1. The van der Waals surface area contributed by atoms with Crippen molar-refractivity contribution in [2.45, 2.75) is 31.2 Å². The van der Waals surface area contributed by atoms with Gasteiger partial charge in [-0.3, -0.25) is 0 Å². The predicted octanol–water partition coefficient (Wildman–Crippen LogP) is 2.35. The van der Waals surface area contributed by atoms with E-state index < -0.39 is 0 Å². The molecule has 2 aliphatic rings. The Kier molecular flexibility index (Phi) is 1.68. The molecule has 1 nitrogen and oxygen atoms in total. The second kappa shape index (κ2) is 2.80. The fourth-order valence-corrected chi connectivity index (χ4v) is 2.97. The first kappa shape index (κ1) is 8.42. The van der Waals surface area contributed by atoms with Gasteiger partial charge in [-0.25, -0.2) is 4.39 Å². The molecule has 0 radical (unpaired) electrons. The number of fused-ring (bicyclic) bond motifs is 2. The predicted molar refractivity (Wildman–Crippen MR) is 53.6 cm³/mol. The van der Waals surface area contributed by atoms with Crippen molar-refractivity contribution in [3.63, 3.8) is 0 Å². The molecule has 0 bridgehead atoms. The van der Waals surface area contributed by atoms with E-state index in [1.165, 1.54) is 24.0 Å². The fraction of sp³-hybridized carbons (Fsp3) is 0.500. The van der Waals surface area contributed by atoms with Gasteiger partial charge in [-0.05, 0) is 55.5 Å². The van der Waals surface area contributed by atoms with Crippen LogP contribution in [-0.2, 0) is 12.0 Å². The van der Waals surface area contributed by atoms with E-state index >= 15 is 0 Å². The quantitative estimate of drug-likeness (QED) is 0.663. The normalized spacial score (nSPS) is 29.8. The zero-order valence-corrected chi connectivity index (χ0v) is 8.15. The Morgan fingerprint density at radius 1 is 1.29 bits per heavy atom. The average molecular weight is 191 g/mol. The molecule has 1 N–H and O–H groups in total. The van der Waals surface area contributed by atoms with Crippen LogP contribution in [0.15, 0.2) is 18.2 Å². The maximum atomic E-state index is 13.0. The first-order valence-electron chi connectivity index (χ1n) is 5.34. The summed E-state index contributed by atoms with van der Waals surface area (Å²) in [4.78, 5) is 0. The summed E-state index contributed by atoms with van der Waals surface area (Å²) in [7, 11) is 0. The standard InChI is InChI=1S/C12H14FN/c13-10-2-3-11-9(8-10)4-6-12(11)5-1-7-14-12/h2-3,8,14H,1,4-7H2/t12-/m0/s1. The highest BCUT2D eigenvalue weighted by Gasteiger charge is 2.40. The molecular weight excluding hydrogens is 177 g/mol. The lowest BCUT2D eigenvalue weighted by atomic mass is 9.90. The third-order valence-corrected chi connectivity index (χ3v) is 3.65. The molecule has 74 valence electrons. The molecule has 1 atom stereocenters. The van der Waals surface area contributed by atoms with Crippen LogP contribution in [0.4, 0.5) is 4.39 Å². The second-order valence-corrected chi connectivity index (χ2v) is 4.41. The van der Waals surface area contributed by atoms with Crippen LogP contribution in [0, 0.1) is 5.82 Å². The molecule has 3 rings (SSSR count). The van der Waals surface area contributed by atoms with Crippen molar-refractivity contribution in [1.82, 2.24) is 5.32 Å². The number of hydrogen-bond donors (Lipinski definition) is 1. The summed E-state index contributed by atoms with van der Waals surface area (Å²) < 4.78 is 13.0. The number of rotatable bonds is 0. The van der Waals surface area contributed by atoms with Crippen LogP contribution in [-0.4, -0.2) is 6.54 Å². The lowest BCUT2D eigenvalue weighted by Gasteiger charge is -2.25. The van der Waals surface area contributed by atoms with E-state index in [0.717, 1.165) is 19.4 Å². The molecule has 1 heterocycles. The van der Waals surface area contributed by atoms with Crippen molar-refractivity contribution in [2.75, 3.05) is 6.54 Å². The van der Waals surface area contributed by atoms with Gasteiger partial charge < -0.3 is 5.32 Å². The largest absolute Gasteiger partial charge is 0.307 e. The molecule has 0 aromatic heterocycles.